The largest absolute Gasteiger partial charge is 0.354 e. The van der Waals surface area contributed by atoms with E-state index in [2.05, 4.69) is 38.9 Å². The second-order valence-corrected chi connectivity index (χ2v) is 5.05. The van der Waals surface area contributed by atoms with Crippen molar-refractivity contribution in [2.24, 2.45) is 0 Å². The third-order valence-electron chi connectivity index (χ3n) is 2.25. The molecule has 2 aromatic rings. The van der Waals surface area contributed by atoms with Crippen LogP contribution in [0.5, 0.6) is 0 Å². The fourth-order valence-electron chi connectivity index (χ4n) is 1.47. The SMILES string of the molecule is Cc1nnc(NCc2cncn2C(C)C)s1. The van der Waals surface area contributed by atoms with Crippen molar-refractivity contribution < 1.29 is 0 Å². The first kappa shape index (κ1) is 11.1. The van der Waals surface area contributed by atoms with Crippen LogP contribution in [0, 0.1) is 6.92 Å². The van der Waals surface area contributed by atoms with Gasteiger partial charge in [-0.1, -0.05) is 11.3 Å². The van der Waals surface area contributed by atoms with E-state index in [4.69, 9.17) is 0 Å². The van der Waals surface area contributed by atoms with Gasteiger partial charge in [0.05, 0.1) is 18.6 Å². The first-order valence-corrected chi connectivity index (χ1v) is 6.03. The van der Waals surface area contributed by atoms with Gasteiger partial charge in [0, 0.05) is 12.2 Å². The zero-order valence-corrected chi connectivity index (χ0v) is 10.5. The first-order valence-electron chi connectivity index (χ1n) is 5.21. The van der Waals surface area contributed by atoms with Crippen LogP contribution < -0.4 is 5.32 Å². The van der Waals surface area contributed by atoms with Gasteiger partial charge in [-0.05, 0) is 20.8 Å². The lowest BCUT2D eigenvalue weighted by molar-refractivity contribution is 0.577. The molecular weight excluding hydrogens is 222 g/mol. The molecule has 1 N–H and O–H groups in total. The molecule has 0 spiro atoms. The van der Waals surface area contributed by atoms with Crippen LogP contribution in [0.2, 0.25) is 0 Å². The Morgan fingerprint density at radius 2 is 2.25 bits per heavy atom. The Morgan fingerprint density at radius 3 is 2.88 bits per heavy atom. The van der Waals surface area contributed by atoms with Crippen LogP contribution in [0.1, 0.15) is 30.6 Å². The number of hydrogen-bond donors (Lipinski definition) is 1. The molecule has 0 aliphatic carbocycles. The highest BCUT2D eigenvalue weighted by Gasteiger charge is 2.06. The molecule has 2 heterocycles. The van der Waals surface area contributed by atoms with Gasteiger partial charge in [0.2, 0.25) is 5.13 Å². The van der Waals surface area contributed by atoms with Crippen molar-refractivity contribution >= 4 is 16.5 Å². The minimum Gasteiger partial charge on any atom is -0.354 e. The third-order valence-corrected chi connectivity index (χ3v) is 3.05. The van der Waals surface area contributed by atoms with E-state index in [1.807, 2.05) is 19.4 Å². The summed E-state index contributed by atoms with van der Waals surface area (Å²) < 4.78 is 2.14. The Balaban J connectivity index is 2.02. The molecule has 0 unspecified atom stereocenters. The van der Waals surface area contributed by atoms with Gasteiger partial charge in [-0.3, -0.25) is 0 Å². The van der Waals surface area contributed by atoms with E-state index < -0.39 is 0 Å². The number of nitrogens with zero attached hydrogens (tertiary/aromatic N) is 4. The molecule has 86 valence electrons. The Kier molecular flexibility index (Phi) is 3.19. The molecule has 2 rings (SSSR count). The highest BCUT2D eigenvalue weighted by Crippen LogP contribution is 2.16. The minimum atomic E-state index is 0.426. The molecule has 16 heavy (non-hydrogen) atoms. The maximum absolute atomic E-state index is 4.15. The van der Waals surface area contributed by atoms with Gasteiger partial charge < -0.3 is 9.88 Å². The van der Waals surface area contributed by atoms with Gasteiger partial charge in [-0.25, -0.2) is 4.98 Å². The third kappa shape index (κ3) is 2.38. The molecule has 0 aliphatic heterocycles. The number of hydrogen-bond acceptors (Lipinski definition) is 5. The van der Waals surface area contributed by atoms with Crippen LogP contribution in [0.3, 0.4) is 0 Å². The van der Waals surface area contributed by atoms with E-state index in [1.165, 1.54) is 0 Å². The van der Waals surface area contributed by atoms with Gasteiger partial charge >= 0.3 is 0 Å². The number of aryl methyl sites for hydroxylation is 1. The molecule has 0 aromatic carbocycles. The number of imidazole rings is 1. The lowest BCUT2D eigenvalue weighted by atomic mass is 10.3. The Labute approximate surface area is 98.5 Å². The van der Waals surface area contributed by atoms with Crippen LogP contribution >= 0.6 is 11.3 Å². The monoisotopic (exact) mass is 237 g/mol. The number of aromatic nitrogens is 4. The zero-order valence-electron chi connectivity index (χ0n) is 9.64. The lowest BCUT2D eigenvalue weighted by Gasteiger charge is -2.11. The Hall–Kier alpha value is -1.43. The van der Waals surface area contributed by atoms with E-state index in [1.54, 1.807) is 11.3 Å². The van der Waals surface area contributed by atoms with Crippen molar-refractivity contribution in [1.29, 1.82) is 0 Å². The molecule has 0 bridgehead atoms. The van der Waals surface area contributed by atoms with E-state index in [0.717, 1.165) is 22.4 Å². The summed E-state index contributed by atoms with van der Waals surface area (Å²) >= 11 is 1.56. The molecule has 0 saturated carbocycles. The van der Waals surface area contributed by atoms with Gasteiger partial charge in [-0.15, -0.1) is 10.2 Å². The summed E-state index contributed by atoms with van der Waals surface area (Å²) in [4.78, 5) is 4.15. The maximum Gasteiger partial charge on any atom is 0.205 e. The van der Waals surface area contributed by atoms with Crippen molar-refractivity contribution in [1.82, 2.24) is 19.7 Å². The van der Waals surface area contributed by atoms with Crippen LogP contribution in [-0.4, -0.2) is 19.7 Å². The van der Waals surface area contributed by atoms with Gasteiger partial charge in [0.25, 0.3) is 0 Å². The maximum atomic E-state index is 4.15. The molecule has 2 aromatic heterocycles. The van der Waals surface area contributed by atoms with Gasteiger partial charge in [-0.2, -0.15) is 0 Å². The van der Waals surface area contributed by atoms with Crippen molar-refractivity contribution in [3.63, 3.8) is 0 Å². The topological polar surface area (TPSA) is 55.6 Å². The molecule has 0 fully saturated rings. The summed E-state index contributed by atoms with van der Waals surface area (Å²) in [7, 11) is 0. The highest BCUT2D eigenvalue weighted by atomic mass is 32.1. The van der Waals surface area contributed by atoms with E-state index in [0.29, 0.717) is 6.04 Å². The Bertz CT molecular complexity index is 459. The van der Waals surface area contributed by atoms with E-state index >= 15 is 0 Å². The zero-order chi connectivity index (χ0) is 11.5. The number of anilines is 1. The normalized spacial score (nSPS) is 11.0. The Morgan fingerprint density at radius 1 is 1.44 bits per heavy atom. The average Bonchev–Trinajstić information content (AvgIpc) is 2.83. The standard InChI is InChI=1S/C10H15N5S/c1-7(2)15-6-11-4-9(15)5-12-10-14-13-8(3)16-10/h4,6-7H,5H2,1-3H3,(H,12,14). The minimum absolute atomic E-state index is 0.426. The number of rotatable bonds is 4. The van der Waals surface area contributed by atoms with Gasteiger partial charge in [0.15, 0.2) is 0 Å². The summed E-state index contributed by atoms with van der Waals surface area (Å²) in [6.07, 6.45) is 3.73. The highest BCUT2D eigenvalue weighted by molar-refractivity contribution is 7.15. The molecule has 5 nitrogen and oxygen atoms in total. The fourth-order valence-corrected chi connectivity index (χ4v) is 2.06. The smallest absolute Gasteiger partial charge is 0.205 e. The van der Waals surface area contributed by atoms with E-state index in [9.17, 15) is 0 Å². The van der Waals surface area contributed by atoms with Crippen LogP contribution in [-0.2, 0) is 6.54 Å². The molecule has 0 aliphatic rings. The van der Waals surface area contributed by atoms with E-state index in [-0.39, 0.29) is 0 Å². The summed E-state index contributed by atoms with van der Waals surface area (Å²) in [5.41, 5.74) is 1.16. The molecule has 0 amide bonds. The van der Waals surface area contributed by atoms with Crippen LogP contribution in [0.25, 0.3) is 0 Å². The molecule has 0 radical (unpaired) electrons. The lowest BCUT2D eigenvalue weighted by Crippen LogP contribution is -2.08. The van der Waals surface area contributed by atoms with Crippen LogP contribution in [0.4, 0.5) is 5.13 Å². The van der Waals surface area contributed by atoms with Crippen LogP contribution in [0.15, 0.2) is 12.5 Å². The molecule has 6 heteroatoms. The van der Waals surface area contributed by atoms with Crippen molar-refractivity contribution in [2.45, 2.75) is 33.4 Å². The summed E-state index contributed by atoms with van der Waals surface area (Å²) in [6.45, 7) is 6.95. The van der Waals surface area contributed by atoms with Crippen molar-refractivity contribution in [2.75, 3.05) is 5.32 Å². The van der Waals surface area contributed by atoms with Gasteiger partial charge in [0.1, 0.15) is 5.01 Å². The summed E-state index contributed by atoms with van der Waals surface area (Å²) in [5, 5.41) is 13.1. The molecular formula is C10H15N5S. The second-order valence-electron chi connectivity index (χ2n) is 3.87. The predicted molar refractivity (Wildman–Crippen MR) is 64.6 cm³/mol. The first-order chi connectivity index (χ1) is 7.66. The summed E-state index contributed by atoms with van der Waals surface area (Å²) in [5.74, 6) is 0. The molecule has 0 saturated heterocycles. The number of nitrogens with one attached hydrogen (secondary N) is 1. The van der Waals surface area contributed by atoms with Crippen molar-refractivity contribution in [3.8, 4) is 0 Å². The summed E-state index contributed by atoms with van der Waals surface area (Å²) in [6, 6.07) is 0.426. The van der Waals surface area contributed by atoms with Crippen molar-refractivity contribution in [3.05, 3.63) is 23.2 Å². The predicted octanol–water partition coefficient (Wildman–Crippen LogP) is 2.24. The quantitative estimate of drug-likeness (QED) is 0.886. The average molecular weight is 237 g/mol. The fraction of sp³-hybridized carbons (Fsp3) is 0.500. The second kappa shape index (κ2) is 4.61. The molecule has 0 atom stereocenters.